The van der Waals surface area contributed by atoms with Gasteiger partial charge in [-0.05, 0) is 79.4 Å². The number of carbonyl (C=O) groups excluding carboxylic acids is 1. The maximum absolute atomic E-state index is 12.4. The number of rotatable bonds is 7. The van der Waals surface area contributed by atoms with E-state index in [1.807, 2.05) is 42.5 Å². The van der Waals surface area contributed by atoms with Gasteiger partial charge in [0.15, 0.2) is 0 Å². The van der Waals surface area contributed by atoms with Crippen LogP contribution in [-0.4, -0.2) is 30.5 Å². The fourth-order valence-electron chi connectivity index (χ4n) is 4.05. The zero-order valence-electron chi connectivity index (χ0n) is 18.1. The topological polar surface area (TPSA) is 66.0 Å². The highest BCUT2D eigenvalue weighted by Gasteiger charge is 2.14. The SMILES string of the molecule is Cc1ccc2c(c1NCc1ccc(C(=O)NCCc3ccccn3)cc1)CCNCC2. The van der Waals surface area contributed by atoms with Gasteiger partial charge in [0.1, 0.15) is 0 Å². The van der Waals surface area contributed by atoms with E-state index in [0.717, 1.165) is 50.2 Å². The highest BCUT2D eigenvalue weighted by Crippen LogP contribution is 2.27. The van der Waals surface area contributed by atoms with Crippen molar-refractivity contribution in [2.75, 3.05) is 25.0 Å². The molecule has 4 rings (SSSR count). The molecular weight excluding hydrogens is 384 g/mol. The Morgan fingerprint density at radius 3 is 2.68 bits per heavy atom. The van der Waals surface area contributed by atoms with Gasteiger partial charge < -0.3 is 16.0 Å². The zero-order valence-corrected chi connectivity index (χ0v) is 18.1. The summed E-state index contributed by atoms with van der Waals surface area (Å²) in [5.41, 5.74) is 8.25. The predicted octanol–water partition coefficient (Wildman–Crippen LogP) is 3.66. The normalized spacial score (nSPS) is 13.2. The summed E-state index contributed by atoms with van der Waals surface area (Å²) >= 11 is 0. The van der Waals surface area contributed by atoms with E-state index in [-0.39, 0.29) is 5.91 Å². The van der Waals surface area contributed by atoms with Gasteiger partial charge in [0, 0.05) is 42.7 Å². The molecule has 0 fully saturated rings. The lowest BCUT2D eigenvalue weighted by Gasteiger charge is -2.17. The monoisotopic (exact) mass is 414 g/mol. The van der Waals surface area contributed by atoms with Crippen LogP contribution in [0.4, 0.5) is 5.69 Å². The Kier molecular flexibility index (Phi) is 6.95. The van der Waals surface area contributed by atoms with Crippen molar-refractivity contribution in [3.05, 3.63) is 94.3 Å². The summed E-state index contributed by atoms with van der Waals surface area (Å²) in [5.74, 6) is -0.0489. The molecule has 1 amide bonds. The molecule has 2 heterocycles. The summed E-state index contributed by atoms with van der Waals surface area (Å²) < 4.78 is 0. The molecule has 0 atom stereocenters. The van der Waals surface area contributed by atoms with E-state index in [9.17, 15) is 4.79 Å². The molecule has 0 saturated heterocycles. The average molecular weight is 415 g/mol. The van der Waals surface area contributed by atoms with E-state index in [4.69, 9.17) is 0 Å². The highest BCUT2D eigenvalue weighted by molar-refractivity contribution is 5.94. The lowest BCUT2D eigenvalue weighted by atomic mass is 9.97. The van der Waals surface area contributed by atoms with Crippen LogP contribution in [0, 0.1) is 6.92 Å². The number of aryl methyl sites for hydroxylation is 1. The number of anilines is 1. The third-order valence-corrected chi connectivity index (χ3v) is 5.82. The summed E-state index contributed by atoms with van der Waals surface area (Å²) in [6, 6.07) is 18.2. The molecule has 0 spiro atoms. The first-order valence-corrected chi connectivity index (χ1v) is 11.0. The van der Waals surface area contributed by atoms with Crippen molar-refractivity contribution in [2.45, 2.75) is 32.7 Å². The fraction of sp³-hybridized carbons (Fsp3) is 0.308. The summed E-state index contributed by atoms with van der Waals surface area (Å²) in [5, 5.41) is 10.1. The summed E-state index contributed by atoms with van der Waals surface area (Å²) in [6.45, 7) is 5.55. The Bertz CT molecular complexity index is 1020. The first-order chi connectivity index (χ1) is 15.2. The first kappa shape index (κ1) is 21.1. The number of hydrogen-bond acceptors (Lipinski definition) is 4. The van der Waals surface area contributed by atoms with E-state index in [1.165, 1.54) is 22.4 Å². The van der Waals surface area contributed by atoms with E-state index >= 15 is 0 Å². The fourth-order valence-corrected chi connectivity index (χ4v) is 4.05. The maximum Gasteiger partial charge on any atom is 0.251 e. The standard InChI is InChI=1S/C26H30N4O/c1-19-5-8-21-11-15-27-16-13-24(21)25(19)30-18-20-6-9-22(10-7-20)26(31)29-17-12-23-4-2-3-14-28-23/h2-10,14,27,30H,11-13,15-18H2,1H3,(H,29,31). The van der Waals surface area contributed by atoms with Crippen LogP contribution < -0.4 is 16.0 Å². The van der Waals surface area contributed by atoms with Crippen molar-refractivity contribution >= 4 is 11.6 Å². The van der Waals surface area contributed by atoms with Gasteiger partial charge in [-0.3, -0.25) is 9.78 Å². The van der Waals surface area contributed by atoms with E-state index in [0.29, 0.717) is 12.1 Å². The number of benzene rings is 2. The largest absolute Gasteiger partial charge is 0.381 e. The van der Waals surface area contributed by atoms with Crippen molar-refractivity contribution in [1.82, 2.24) is 15.6 Å². The zero-order chi connectivity index (χ0) is 21.5. The number of carbonyl (C=O) groups is 1. The van der Waals surface area contributed by atoms with Crippen LogP contribution in [0.2, 0.25) is 0 Å². The molecule has 1 aliphatic rings. The number of nitrogens with one attached hydrogen (secondary N) is 3. The summed E-state index contributed by atoms with van der Waals surface area (Å²) in [7, 11) is 0. The Hall–Kier alpha value is -3.18. The molecule has 3 N–H and O–H groups in total. The molecule has 1 aromatic heterocycles. The van der Waals surface area contributed by atoms with Gasteiger partial charge in [0.05, 0.1) is 0 Å². The van der Waals surface area contributed by atoms with Gasteiger partial charge in [0.2, 0.25) is 0 Å². The first-order valence-electron chi connectivity index (χ1n) is 11.0. The maximum atomic E-state index is 12.4. The second-order valence-electron chi connectivity index (χ2n) is 8.02. The third-order valence-electron chi connectivity index (χ3n) is 5.82. The van der Waals surface area contributed by atoms with E-state index < -0.39 is 0 Å². The molecular formula is C26H30N4O. The quantitative estimate of drug-likeness (QED) is 0.552. The van der Waals surface area contributed by atoms with Crippen LogP contribution in [0.5, 0.6) is 0 Å². The smallest absolute Gasteiger partial charge is 0.251 e. The van der Waals surface area contributed by atoms with Gasteiger partial charge in [0.25, 0.3) is 5.91 Å². The van der Waals surface area contributed by atoms with Crippen molar-refractivity contribution in [3.8, 4) is 0 Å². The van der Waals surface area contributed by atoms with Crippen LogP contribution in [0.1, 0.15) is 38.3 Å². The molecule has 2 aromatic carbocycles. The number of amides is 1. The molecule has 1 aliphatic heterocycles. The Balaban J connectivity index is 1.33. The minimum absolute atomic E-state index is 0.0489. The number of fused-ring (bicyclic) bond motifs is 1. The van der Waals surface area contributed by atoms with Gasteiger partial charge in [-0.2, -0.15) is 0 Å². The Morgan fingerprint density at radius 2 is 1.87 bits per heavy atom. The van der Waals surface area contributed by atoms with Crippen LogP contribution in [0.15, 0.2) is 60.8 Å². The van der Waals surface area contributed by atoms with Crippen LogP contribution >= 0.6 is 0 Å². The van der Waals surface area contributed by atoms with Crippen molar-refractivity contribution < 1.29 is 4.79 Å². The molecule has 0 bridgehead atoms. The van der Waals surface area contributed by atoms with Gasteiger partial charge >= 0.3 is 0 Å². The second-order valence-corrected chi connectivity index (χ2v) is 8.02. The lowest BCUT2D eigenvalue weighted by Crippen LogP contribution is -2.25. The second kappa shape index (κ2) is 10.2. The van der Waals surface area contributed by atoms with Crippen LogP contribution in [-0.2, 0) is 25.8 Å². The minimum atomic E-state index is -0.0489. The predicted molar refractivity (Wildman–Crippen MR) is 125 cm³/mol. The molecule has 5 heteroatoms. The average Bonchev–Trinajstić information content (AvgIpc) is 3.05. The molecule has 0 saturated carbocycles. The van der Waals surface area contributed by atoms with E-state index in [2.05, 4.69) is 40.0 Å². The number of pyridine rings is 1. The molecule has 160 valence electrons. The van der Waals surface area contributed by atoms with Gasteiger partial charge in [-0.25, -0.2) is 0 Å². The number of nitrogens with zero attached hydrogens (tertiary/aromatic N) is 1. The van der Waals surface area contributed by atoms with Crippen LogP contribution in [0.25, 0.3) is 0 Å². The van der Waals surface area contributed by atoms with Crippen molar-refractivity contribution in [1.29, 1.82) is 0 Å². The highest BCUT2D eigenvalue weighted by atomic mass is 16.1. The molecule has 0 radical (unpaired) electrons. The molecule has 0 aliphatic carbocycles. The molecule has 31 heavy (non-hydrogen) atoms. The Morgan fingerprint density at radius 1 is 1.03 bits per heavy atom. The number of hydrogen-bond donors (Lipinski definition) is 3. The van der Waals surface area contributed by atoms with Crippen molar-refractivity contribution in [3.63, 3.8) is 0 Å². The third kappa shape index (κ3) is 5.50. The minimum Gasteiger partial charge on any atom is -0.381 e. The Labute approximate surface area is 184 Å². The lowest BCUT2D eigenvalue weighted by molar-refractivity contribution is 0.0954. The summed E-state index contributed by atoms with van der Waals surface area (Å²) in [6.07, 6.45) is 4.63. The van der Waals surface area contributed by atoms with Crippen molar-refractivity contribution in [2.24, 2.45) is 0 Å². The molecule has 3 aromatic rings. The number of aromatic nitrogens is 1. The van der Waals surface area contributed by atoms with Gasteiger partial charge in [-0.15, -0.1) is 0 Å². The van der Waals surface area contributed by atoms with E-state index in [1.54, 1.807) is 6.20 Å². The summed E-state index contributed by atoms with van der Waals surface area (Å²) in [4.78, 5) is 16.7. The molecule has 0 unspecified atom stereocenters. The molecule has 5 nitrogen and oxygen atoms in total. The van der Waals surface area contributed by atoms with Crippen LogP contribution in [0.3, 0.4) is 0 Å². The van der Waals surface area contributed by atoms with Gasteiger partial charge in [-0.1, -0.05) is 30.3 Å².